The fourth-order valence-electron chi connectivity index (χ4n) is 3.76. The smallest absolute Gasteiger partial charge is 0.243 e. The van der Waals surface area contributed by atoms with Gasteiger partial charge in [-0.15, -0.1) is 0 Å². The van der Waals surface area contributed by atoms with E-state index in [0.717, 1.165) is 5.56 Å². The van der Waals surface area contributed by atoms with Crippen LogP contribution in [-0.2, 0) is 21.2 Å². The van der Waals surface area contributed by atoms with Crippen molar-refractivity contribution in [3.8, 4) is 0 Å². The maximum atomic E-state index is 13.0. The Kier molecular flexibility index (Phi) is 4.44. The number of rotatable bonds is 3. The average Bonchev–Trinajstić information content (AvgIpc) is 3.03. The van der Waals surface area contributed by atoms with Crippen molar-refractivity contribution in [1.29, 1.82) is 0 Å². The van der Waals surface area contributed by atoms with Crippen LogP contribution in [0.15, 0.2) is 41.3 Å². The van der Waals surface area contributed by atoms with Crippen LogP contribution in [-0.4, -0.2) is 44.8 Å². The number of aryl methyl sites for hydroxylation is 1. The summed E-state index contributed by atoms with van der Waals surface area (Å²) in [4.78, 5) is 14.0. The number of amides is 1. The molecule has 1 fully saturated rings. The summed E-state index contributed by atoms with van der Waals surface area (Å²) < 4.78 is 27.6. The molecule has 27 heavy (non-hydrogen) atoms. The third kappa shape index (κ3) is 3.21. The summed E-state index contributed by atoms with van der Waals surface area (Å²) >= 11 is 0. The first-order valence-corrected chi connectivity index (χ1v) is 10.5. The number of nitrogens with one attached hydrogen (secondary N) is 1. The first-order chi connectivity index (χ1) is 12.9. The van der Waals surface area contributed by atoms with Gasteiger partial charge >= 0.3 is 0 Å². The van der Waals surface area contributed by atoms with Crippen molar-refractivity contribution in [2.24, 2.45) is 0 Å². The van der Waals surface area contributed by atoms with E-state index in [-0.39, 0.29) is 17.2 Å². The Morgan fingerprint density at radius 1 is 1.00 bits per heavy atom. The molecule has 2 heterocycles. The molecule has 2 aliphatic rings. The van der Waals surface area contributed by atoms with Crippen LogP contribution < -0.4 is 10.2 Å². The molecule has 0 saturated carbocycles. The molecule has 0 unspecified atom stereocenters. The van der Waals surface area contributed by atoms with Crippen molar-refractivity contribution in [3.05, 3.63) is 53.1 Å². The second-order valence-corrected chi connectivity index (χ2v) is 9.09. The second-order valence-electron chi connectivity index (χ2n) is 7.15. The number of piperazine rings is 1. The van der Waals surface area contributed by atoms with Crippen molar-refractivity contribution in [2.75, 3.05) is 36.4 Å². The summed E-state index contributed by atoms with van der Waals surface area (Å²) in [5.41, 5.74) is 5.11. The zero-order valence-electron chi connectivity index (χ0n) is 15.5. The largest absolute Gasteiger partial charge is 0.369 e. The topological polar surface area (TPSA) is 69.7 Å². The minimum absolute atomic E-state index is 0.0957. The minimum Gasteiger partial charge on any atom is -0.369 e. The van der Waals surface area contributed by atoms with Gasteiger partial charge in [0.05, 0.1) is 11.3 Å². The van der Waals surface area contributed by atoms with Gasteiger partial charge in [0, 0.05) is 37.6 Å². The zero-order chi connectivity index (χ0) is 19.2. The van der Waals surface area contributed by atoms with Gasteiger partial charge in [-0.3, -0.25) is 4.79 Å². The Morgan fingerprint density at radius 3 is 2.48 bits per heavy atom. The van der Waals surface area contributed by atoms with Gasteiger partial charge in [0.2, 0.25) is 15.9 Å². The monoisotopic (exact) mass is 385 g/mol. The molecule has 2 aliphatic heterocycles. The molecule has 7 heteroatoms. The van der Waals surface area contributed by atoms with Crippen LogP contribution in [0, 0.1) is 13.8 Å². The summed E-state index contributed by atoms with van der Waals surface area (Å²) in [6, 6.07) is 11.1. The highest BCUT2D eigenvalue weighted by molar-refractivity contribution is 7.89. The van der Waals surface area contributed by atoms with Crippen molar-refractivity contribution < 1.29 is 13.2 Å². The first kappa shape index (κ1) is 18.0. The van der Waals surface area contributed by atoms with Gasteiger partial charge in [-0.1, -0.05) is 12.1 Å². The summed E-state index contributed by atoms with van der Waals surface area (Å²) in [5, 5.41) is 2.74. The quantitative estimate of drug-likeness (QED) is 0.880. The average molecular weight is 385 g/mol. The normalized spacial score (nSPS) is 17.7. The molecule has 0 radical (unpaired) electrons. The number of fused-ring (bicyclic) bond motifs is 1. The molecule has 2 aromatic rings. The second kappa shape index (κ2) is 6.65. The third-order valence-corrected chi connectivity index (χ3v) is 7.39. The predicted molar refractivity (Wildman–Crippen MR) is 106 cm³/mol. The van der Waals surface area contributed by atoms with Crippen molar-refractivity contribution in [3.63, 3.8) is 0 Å². The Balaban J connectivity index is 1.51. The fourth-order valence-corrected chi connectivity index (χ4v) is 5.24. The van der Waals surface area contributed by atoms with Crippen LogP contribution in [0.5, 0.6) is 0 Å². The van der Waals surface area contributed by atoms with Gasteiger partial charge in [-0.05, 0) is 54.8 Å². The van der Waals surface area contributed by atoms with E-state index < -0.39 is 10.0 Å². The molecule has 0 spiro atoms. The summed E-state index contributed by atoms with van der Waals surface area (Å²) in [6.07, 6.45) is 0.235. The van der Waals surface area contributed by atoms with Gasteiger partial charge in [0.25, 0.3) is 0 Å². The fraction of sp³-hybridized carbons (Fsp3) is 0.350. The van der Waals surface area contributed by atoms with Gasteiger partial charge in [0.15, 0.2) is 0 Å². The van der Waals surface area contributed by atoms with E-state index in [0.29, 0.717) is 31.9 Å². The molecule has 1 saturated heterocycles. The SMILES string of the molecule is Cc1cccc(N2CCN(S(=O)(=O)c3ccc4c(c3)CC(=O)N4)CC2)c1C. The molecule has 1 amide bonds. The lowest BCUT2D eigenvalue weighted by molar-refractivity contribution is -0.115. The molecule has 142 valence electrons. The third-order valence-electron chi connectivity index (χ3n) is 5.49. The highest BCUT2D eigenvalue weighted by atomic mass is 32.2. The highest BCUT2D eigenvalue weighted by Crippen LogP contribution is 2.29. The van der Waals surface area contributed by atoms with Crippen LogP contribution in [0.1, 0.15) is 16.7 Å². The predicted octanol–water partition coefficient (Wildman–Crippen LogP) is 2.31. The Morgan fingerprint density at radius 2 is 1.74 bits per heavy atom. The summed E-state index contributed by atoms with van der Waals surface area (Å²) in [7, 11) is -3.56. The van der Waals surface area contributed by atoms with Gasteiger partial charge in [-0.2, -0.15) is 4.31 Å². The van der Waals surface area contributed by atoms with Gasteiger partial charge in [-0.25, -0.2) is 8.42 Å². The van der Waals surface area contributed by atoms with E-state index in [1.807, 2.05) is 6.07 Å². The van der Waals surface area contributed by atoms with Crippen molar-refractivity contribution in [2.45, 2.75) is 25.2 Å². The lowest BCUT2D eigenvalue weighted by Crippen LogP contribution is -2.48. The Bertz CT molecular complexity index is 1010. The Hall–Kier alpha value is -2.38. The van der Waals surface area contributed by atoms with E-state index in [4.69, 9.17) is 0 Å². The van der Waals surface area contributed by atoms with E-state index in [9.17, 15) is 13.2 Å². The number of nitrogens with zero attached hydrogens (tertiary/aromatic N) is 2. The number of hydrogen-bond acceptors (Lipinski definition) is 4. The van der Waals surface area contributed by atoms with Crippen LogP contribution in [0.2, 0.25) is 0 Å². The number of carbonyl (C=O) groups is 1. The molecule has 0 aliphatic carbocycles. The lowest BCUT2D eigenvalue weighted by Gasteiger charge is -2.36. The van der Waals surface area contributed by atoms with E-state index >= 15 is 0 Å². The van der Waals surface area contributed by atoms with Gasteiger partial charge < -0.3 is 10.2 Å². The molecule has 6 nitrogen and oxygen atoms in total. The van der Waals surface area contributed by atoms with Crippen molar-refractivity contribution >= 4 is 27.3 Å². The molecule has 4 rings (SSSR count). The molecular formula is C20H23N3O3S. The summed E-state index contributed by atoms with van der Waals surface area (Å²) in [5.74, 6) is -0.0957. The first-order valence-electron chi connectivity index (χ1n) is 9.10. The minimum atomic E-state index is -3.56. The summed E-state index contributed by atoms with van der Waals surface area (Å²) in [6.45, 7) is 6.41. The van der Waals surface area contributed by atoms with Crippen molar-refractivity contribution in [1.82, 2.24) is 4.31 Å². The number of sulfonamides is 1. The number of anilines is 2. The van der Waals surface area contributed by atoms with Crippen LogP contribution in [0.4, 0.5) is 11.4 Å². The molecular weight excluding hydrogens is 362 g/mol. The standard InChI is InChI=1S/C20H23N3O3S/c1-14-4-3-5-19(15(14)2)22-8-10-23(11-9-22)27(25,26)17-6-7-18-16(12-17)13-20(24)21-18/h3-7,12H,8-11,13H2,1-2H3,(H,21,24). The van der Waals surface area contributed by atoms with Crippen LogP contribution >= 0.6 is 0 Å². The van der Waals surface area contributed by atoms with Crippen LogP contribution in [0.25, 0.3) is 0 Å². The number of carbonyl (C=O) groups excluding carboxylic acids is 1. The van der Waals surface area contributed by atoms with E-state index in [1.54, 1.807) is 22.5 Å². The van der Waals surface area contributed by atoms with Gasteiger partial charge in [0.1, 0.15) is 0 Å². The van der Waals surface area contributed by atoms with E-state index in [1.165, 1.54) is 16.8 Å². The lowest BCUT2D eigenvalue weighted by atomic mass is 10.1. The Labute approximate surface area is 159 Å². The zero-order valence-corrected chi connectivity index (χ0v) is 16.3. The molecule has 0 bridgehead atoms. The van der Waals surface area contributed by atoms with E-state index in [2.05, 4.69) is 36.2 Å². The maximum Gasteiger partial charge on any atom is 0.243 e. The number of hydrogen-bond donors (Lipinski definition) is 1. The molecule has 0 aromatic heterocycles. The number of benzene rings is 2. The molecule has 1 N–H and O–H groups in total. The highest BCUT2D eigenvalue weighted by Gasteiger charge is 2.30. The molecule has 2 aromatic carbocycles. The van der Waals surface area contributed by atoms with Crippen LogP contribution in [0.3, 0.4) is 0 Å². The maximum absolute atomic E-state index is 13.0. The molecule has 0 atom stereocenters.